The largest absolute Gasteiger partial charge is 0.452 e. The molecule has 0 aliphatic rings. The van der Waals surface area contributed by atoms with Crippen molar-refractivity contribution in [3.63, 3.8) is 0 Å². The number of likely N-dealkylation sites (N-methyl/N-ethyl adjacent to an activating group) is 1. The van der Waals surface area contributed by atoms with E-state index in [1.165, 1.54) is 19.0 Å². The van der Waals surface area contributed by atoms with Crippen molar-refractivity contribution in [1.82, 2.24) is 9.21 Å². The average Bonchev–Trinajstić information content (AvgIpc) is 2.67. The van der Waals surface area contributed by atoms with Crippen LogP contribution >= 0.6 is 0 Å². The molecule has 0 spiro atoms. The van der Waals surface area contributed by atoms with Crippen LogP contribution in [0.4, 0.5) is 4.39 Å². The summed E-state index contributed by atoms with van der Waals surface area (Å²) in [4.78, 5) is 25.6. The van der Waals surface area contributed by atoms with E-state index in [9.17, 15) is 22.4 Å². The van der Waals surface area contributed by atoms with E-state index in [-0.39, 0.29) is 4.90 Å². The summed E-state index contributed by atoms with van der Waals surface area (Å²) in [6.07, 6.45) is 0. The van der Waals surface area contributed by atoms with Gasteiger partial charge in [0.2, 0.25) is 10.0 Å². The van der Waals surface area contributed by atoms with E-state index in [1.807, 2.05) is 31.2 Å². The Kier molecular flexibility index (Phi) is 7.10. The highest BCUT2D eigenvalue weighted by Gasteiger charge is 2.23. The van der Waals surface area contributed by atoms with Gasteiger partial charge in [-0.05, 0) is 36.2 Å². The number of esters is 1. The zero-order valence-electron chi connectivity index (χ0n) is 16.7. The van der Waals surface area contributed by atoms with Crippen LogP contribution in [-0.2, 0) is 26.1 Å². The van der Waals surface area contributed by atoms with E-state index < -0.39 is 39.9 Å². The second-order valence-electron chi connectivity index (χ2n) is 6.68. The molecule has 7 nitrogen and oxygen atoms in total. The number of ether oxygens (including phenoxy) is 1. The lowest BCUT2D eigenvalue weighted by Gasteiger charge is -2.18. The maximum absolute atomic E-state index is 14.0. The van der Waals surface area contributed by atoms with Gasteiger partial charge in [-0.1, -0.05) is 24.3 Å². The van der Waals surface area contributed by atoms with E-state index >= 15 is 0 Å². The number of benzene rings is 2. The van der Waals surface area contributed by atoms with Crippen molar-refractivity contribution in [2.75, 3.05) is 27.7 Å². The molecule has 2 aromatic carbocycles. The molecule has 0 radical (unpaired) electrons. The predicted octanol–water partition coefficient (Wildman–Crippen LogP) is 2.20. The molecule has 0 heterocycles. The van der Waals surface area contributed by atoms with Gasteiger partial charge >= 0.3 is 5.97 Å². The Bertz CT molecular complexity index is 1020. The van der Waals surface area contributed by atoms with Gasteiger partial charge < -0.3 is 9.64 Å². The number of aryl methyl sites for hydroxylation is 1. The Balaban J connectivity index is 2.07. The maximum atomic E-state index is 14.0. The fourth-order valence-electron chi connectivity index (χ4n) is 2.48. The monoisotopic (exact) mass is 422 g/mol. The van der Waals surface area contributed by atoms with Crippen LogP contribution in [0, 0.1) is 12.7 Å². The fraction of sp³-hybridized carbons (Fsp3) is 0.300. The van der Waals surface area contributed by atoms with Gasteiger partial charge in [0, 0.05) is 27.7 Å². The molecule has 0 saturated carbocycles. The number of sulfonamides is 1. The van der Waals surface area contributed by atoms with Crippen LogP contribution in [0.2, 0.25) is 0 Å². The second kappa shape index (κ2) is 9.15. The number of amides is 1. The molecule has 2 rings (SSSR count). The van der Waals surface area contributed by atoms with Crippen molar-refractivity contribution in [3.8, 4) is 0 Å². The average molecular weight is 422 g/mol. The highest BCUT2D eigenvalue weighted by Crippen LogP contribution is 2.18. The minimum atomic E-state index is -3.85. The number of nitrogens with zero attached hydrogens (tertiary/aromatic N) is 2. The van der Waals surface area contributed by atoms with Crippen molar-refractivity contribution >= 4 is 21.9 Å². The molecule has 0 bridgehead atoms. The summed E-state index contributed by atoms with van der Waals surface area (Å²) in [7, 11) is 0.352. The maximum Gasteiger partial charge on any atom is 0.341 e. The van der Waals surface area contributed by atoms with Gasteiger partial charge in [0.05, 0.1) is 10.5 Å². The summed E-state index contributed by atoms with van der Waals surface area (Å²) < 4.78 is 44.2. The lowest BCUT2D eigenvalue weighted by Crippen LogP contribution is -2.31. The van der Waals surface area contributed by atoms with E-state index in [0.29, 0.717) is 6.54 Å². The third kappa shape index (κ3) is 5.39. The number of rotatable bonds is 7. The van der Waals surface area contributed by atoms with Gasteiger partial charge in [-0.25, -0.2) is 21.9 Å². The zero-order chi connectivity index (χ0) is 21.8. The van der Waals surface area contributed by atoms with Gasteiger partial charge in [0.1, 0.15) is 5.82 Å². The summed E-state index contributed by atoms with van der Waals surface area (Å²) in [5.74, 6) is -2.52. The summed E-state index contributed by atoms with van der Waals surface area (Å²) in [5.41, 5.74) is 1.41. The van der Waals surface area contributed by atoms with E-state index in [2.05, 4.69) is 0 Å². The van der Waals surface area contributed by atoms with E-state index in [4.69, 9.17) is 4.74 Å². The molecule has 0 atom stereocenters. The van der Waals surface area contributed by atoms with Crippen molar-refractivity contribution in [2.24, 2.45) is 0 Å². The van der Waals surface area contributed by atoms with Crippen molar-refractivity contribution < 1.29 is 27.1 Å². The number of hydrogen-bond donors (Lipinski definition) is 0. The molecule has 2 aromatic rings. The van der Waals surface area contributed by atoms with E-state index in [1.54, 1.807) is 7.05 Å². The highest BCUT2D eigenvalue weighted by atomic mass is 32.2. The van der Waals surface area contributed by atoms with Crippen LogP contribution in [-0.4, -0.2) is 57.2 Å². The number of halogens is 1. The number of carbonyl (C=O) groups is 2. The Labute approximate surface area is 169 Å². The normalized spacial score (nSPS) is 11.4. The minimum absolute atomic E-state index is 0.251. The third-order valence-electron chi connectivity index (χ3n) is 4.36. The first kappa shape index (κ1) is 22.5. The van der Waals surface area contributed by atoms with Gasteiger partial charge in [-0.3, -0.25) is 4.79 Å². The molecule has 0 aliphatic heterocycles. The molecular weight excluding hydrogens is 399 g/mol. The summed E-state index contributed by atoms with van der Waals surface area (Å²) in [5, 5.41) is 0. The predicted molar refractivity (Wildman–Crippen MR) is 105 cm³/mol. The van der Waals surface area contributed by atoms with Crippen LogP contribution in [0.15, 0.2) is 47.4 Å². The SMILES string of the molecule is Cc1ccccc1CN(C)C(=O)COC(=O)c1cc(S(=O)(=O)N(C)C)ccc1F. The van der Waals surface area contributed by atoms with Gasteiger partial charge in [-0.2, -0.15) is 0 Å². The van der Waals surface area contributed by atoms with Crippen LogP contribution < -0.4 is 0 Å². The highest BCUT2D eigenvalue weighted by molar-refractivity contribution is 7.89. The molecule has 0 fully saturated rings. The Morgan fingerprint density at radius 2 is 1.72 bits per heavy atom. The fourth-order valence-corrected chi connectivity index (χ4v) is 3.41. The number of hydrogen-bond acceptors (Lipinski definition) is 5. The first-order valence-electron chi connectivity index (χ1n) is 8.71. The second-order valence-corrected chi connectivity index (χ2v) is 8.83. The molecule has 0 aliphatic carbocycles. The molecule has 1 amide bonds. The minimum Gasteiger partial charge on any atom is -0.452 e. The topological polar surface area (TPSA) is 84.0 Å². The standard InChI is InChI=1S/C20H23FN2O5S/c1-14-7-5-6-8-15(14)12-23(4)19(24)13-28-20(25)17-11-16(9-10-18(17)21)29(26,27)22(2)3/h5-11H,12-13H2,1-4H3. The van der Waals surface area contributed by atoms with Crippen LogP contribution in [0.5, 0.6) is 0 Å². The van der Waals surface area contributed by atoms with Crippen LogP contribution in [0.25, 0.3) is 0 Å². The Morgan fingerprint density at radius 3 is 2.34 bits per heavy atom. The molecule has 9 heteroatoms. The van der Waals surface area contributed by atoms with Crippen molar-refractivity contribution in [2.45, 2.75) is 18.4 Å². The molecule has 0 N–H and O–H groups in total. The third-order valence-corrected chi connectivity index (χ3v) is 6.17. The first-order valence-corrected chi connectivity index (χ1v) is 10.2. The van der Waals surface area contributed by atoms with Crippen molar-refractivity contribution in [1.29, 1.82) is 0 Å². The summed E-state index contributed by atoms with van der Waals surface area (Å²) in [6, 6.07) is 10.4. The molecule has 0 aromatic heterocycles. The quantitative estimate of drug-likeness (QED) is 0.639. The summed E-state index contributed by atoms with van der Waals surface area (Å²) in [6.45, 7) is 1.66. The van der Waals surface area contributed by atoms with Gasteiger partial charge in [0.15, 0.2) is 6.61 Å². The smallest absolute Gasteiger partial charge is 0.341 e. The molecule has 0 saturated heterocycles. The zero-order valence-corrected chi connectivity index (χ0v) is 17.5. The van der Waals surface area contributed by atoms with E-state index in [0.717, 1.165) is 33.6 Å². The molecule has 0 unspecified atom stereocenters. The first-order chi connectivity index (χ1) is 13.5. The lowest BCUT2D eigenvalue weighted by atomic mass is 10.1. The lowest BCUT2D eigenvalue weighted by molar-refractivity contribution is -0.133. The van der Waals surface area contributed by atoms with Gasteiger partial charge in [0.25, 0.3) is 5.91 Å². The van der Waals surface area contributed by atoms with Gasteiger partial charge in [-0.15, -0.1) is 0 Å². The molecular formula is C20H23FN2O5S. The molecule has 29 heavy (non-hydrogen) atoms. The van der Waals surface area contributed by atoms with Crippen molar-refractivity contribution in [3.05, 3.63) is 65.0 Å². The molecule has 156 valence electrons. The Morgan fingerprint density at radius 1 is 1.07 bits per heavy atom. The summed E-state index contributed by atoms with van der Waals surface area (Å²) >= 11 is 0. The number of carbonyl (C=O) groups excluding carboxylic acids is 2. The van der Waals surface area contributed by atoms with Crippen LogP contribution in [0.3, 0.4) is 0 Å². The van der Waals surface area contributed by atoms with Crippen LogP contribution in [0.1, 0.15) is 21.5 Å². The Hall–Kier alpha value is -2.78.